The average Bonchev–Trinajstić information content (AvgIpc) is 3.18. The number of unbranched alkanes of at least 4 members (excludes halogenated alkanes) is 2. The van der Waals surface area contributed by atoms with Gasteiger partial charge in [-0.25, -0.2) is 0 Å². The molecule has 0 amide bonds. The summed E-state index contributed by atoms with van der Waals surface area (Å²) in [6.45, 7) is 10.7. The van der Waals surface area contributed by atoms with Crippen LogP contribution >= 0.6 is 0 Å². The van der Waals surface area contributed by atoms with Crippen LogP contribution in [0.3, 0.4) is 0 Å². The highest BCUT2D eigenvalue weighted by atomic mass is 16.4. The van der Waals surface area contributed by atoms with Crippen molar-refractivity contribution in [1.82, 2.24) is 10.6 Å². The lowest BCUT2D eigenvalue weighted by Crippen LogP contribution is -2.56. The summed E-state index contributed by atoms with van der Waals surface area (Å²) in [5, 5.41) is 72.6. The molecule has 8 N–H and O–H groups in total. The Bertz CT molecular complexity index is 1620. The predicted molar refractivity (Wildman–Crippen MR) is 235 cm³/mol. The van der Waals surface area contributed by atoms with Crippen molar-refractivity contribution in [3.63, 3.8) is 0 Å². The van der Waals surface area contributed by atoms with Gasteiger partial charge in [-0.1, -0.05) is 114 Å². The van der Waals surface area contributed by atoms with Crippen molar-refractivity contribution < 1.29 is 35.4 Å². The van der Waals surface area contributed by atoms with Crippen LogP contribution in [0.5, 0.6) is 5.75 Å². The number of phenols is 1. The van der Waals surface area contributed by atoms with E-state index >= 15 is 0 Å². The summed E-state index contributed by atoms with van der Waals surface area (Å²) in [5.74, 6) is 6.31. The van der Waals surface area contributed by atoms with Gasteiger partial charge in [0, 0.05) is 42.4 Å². The molecule has 9 heteroatoms. The summed E-state index contributed by atoms with van der Waals surface area (Å²) < 4.78 is 0. The van der Waals surface area contributed by atoms with E-state index in [0.29, 0.717) is 50.9 Å². The van der Waals surface area contributed by atoms with E-state index in [9.17, 15) is 35.4 Å². The van der Waals surface area contributed by atoms with Gasteiger partial charge in [-0.05, 0) is 111 Å². The van der Waals surface area contributed by atoms with Crippen LogP contribution in [-0.2, 0) is 11.2 Å². The van der Waals surface area contributed by atoms with Gasteiger partial charge < -0.3 is 41.3 Å². The molecule has 0 spiro atoms. The summed E-state index contributed by atoms with van der Waals surface area (Å²) in [5.41, 5.74) is 3.48. The third-order valence-corrected chi connectivity index (χ3v) is 11.7. The van der Waals surface area contributed by atoms with Crippen molar-refractivity contribution in [2.45, 2.75) is 173 Å². The second-order valence-corrected chi connectivity index (χ2v) is 16.9. The normalized spacial score (nSPS) is 19.6. The van der Waals surface area contributed by atoms with Gasteiger partial charge in [-0.2, -0.15) is 0 Å². The zero-order valence-corrected chi connectivity index (χ0v) is 35.9. The Morgan fingerprint density at radius 1 is 0.983 bits per heavy atom. The molecule has 1 heterocycles. The van der Waals surface area contributed by atoms with Crippen LogP contribution in [0.2, 0.25) is 0 Å². The van der Waals surface area contributed by atoms with Crippen LogP contribution in [0, 0.1) is 17.8 Å². The number of benzene rings is 2. The largest absolute Gasteiger partial charge is 0.508 e. The van der Waals surface area contributed by atoms with Crippen molar-refractivity contribution in [3.8, 4) is 17.6 Å². The van der Waals surface area contributed by atoms with Gasteiger partial charge in [0.1, 0.15) is 5.75 Å². The molecule has 0 fully saturated rings. The highest BCUT2D eigenvalue weighted by Crippen LogP contribution is 2.39. The molecule has 0 bridgehead atoms. The molecule has 0 aromatic heterocycles. The minimum absolute atomic E-state index is 0.0108. The van der Waals surface area contributed by atoms with Gasteiger partial charge >= 0.3 is 5.97 Å². The van der Waals surface area contributed by atoms with Gasteiger partial charge in [-0.15, -0.1) is 0 Å². The van der Waals surface area contributed by atoms with E-state index in [1.54, 1.807) is 12.1 Å². The second-order valence-electron chi connectivity index (χ2n) is 16.9. The Balaban J connectivity index is 2.26. The first-order chi connectivity index (χ1) is 27.8. The average molecular weight is 803 g/mol. The van der Waals surface area contributed by atoms with E-state index < -0.39 is 36.4 Å². The highest BCUT2D eigenvalue weighted by molar-refractivity contribution is 5.66. The fraction of sp³-hybridized carbons (Fsp3) is 0.612. The third kappa shape index (κ3) is 16.6. The van der Waals surface area contributed by atoms with E-state index in [0.717, 1.165) is 72.9 Å². The molecule has 322 valence electrons. The molecule has 0 saturated heterocycles. The molecular formula is C49H74N2O7. The van der Waals surface area contributed by atoms with Crippen LogP contribution in [0.1, 0.15) is 147 Å². The molecule has 0 radical (unpaired) electrons. The fourth-order valence-corrected chi connectivity index (χ4v) is 8.26. The lowest BCUT2D eigenvalue weighted by Gasteiger charge is -2.42. The minimum atomic E-state index is -1.33. The van der Waals surface area contributed by atoms with Crippen molar-refractivity contribution in [2.75, 3.05) is 13.2 Å². The number of rotatable bonds is 24. The first-order valence-corrected chi connectivity index (χ1v) is 21.9. The number of carboxylic acids is 1. The number of aliphatic carboxylic acids is 1. The van der Waals surface area contributed by atoms with E-state index in [4.69, 9.17) is 0 Å². The van der Waals surface area contributed by atoms with Crippen molar-refractivity contribution in [2.24, 2.45) is 5.92 Å². The Hall–Kier alpha value is -3.49. The summed E-state index contributed by atoms with van der Waals surface area (Å²) in [7, 11) is 0. The van der Waals surface area contributed by atoms with Gasteiger partial charge in [0.15, 0.2) is 0 Å². The maximum atomic E-state index is 13.0. The monoisotopic (exact) mass is 803 g/mol. The van der Waals surface area contributed by atoms with Crippen LogP contribution in [-0.4, -0.2) is 85.7 Å². The van der Waals surface area contributed by atoms with Crippen LogP contribution in [0.25, 0.3) is 0 Å². The number of aliphatic hydroxyl groups excluding tert-OH is 3. The highest BCUT2D eigenvalue weighted by Gasteiger charge is 2.41. The number of allylic oxidation sites excluding steroid dienone is 2. The molecule has 0 saturated carbocycles. The SMILES string of the molecule is CCCCC[C@H](O)C=CC1=C(C[C@H](O)CO)[C@H](CCC[C@H](CCC(=O)O)NCC)N[C@@H]([C@@](C)(O)[C@H](CCC(C)C)c2ccc(O)cc2)CC#Cc2ccccc2CC1. The van der Waals surface area contributed by atoms with Crippen molar-refractivity contribution in [3.05, 3.63) is 88.5 Å². The molecule has 9 nitrogen and oxygen atoms in total. The van der Waals surface area contributed by atoms with Crippen molar-refractivity contribution in [1.29, 1.82) is 0 Å². The fourth-order valence-electron chi connectivity index (χ4n) is 8.26. The number of hydrogen-bond donors (Lipinski definition) is 8. The maximum Gasteiger partial charge on any atom is 0.303 e. The van der Waals surface area contributed by atoms with Crippen LogP contribution in [0.4, 0.5) is 0 Å². The van der Waals surface area contributed by atoms with Gasteiger partial charge in [0.05, 0.1) is 24.4 Å². The topological polar surface area (TPSA) is 163 Å². The summed E-state index contributed by atoms with van der Waals surface area (Å²) in [6, 6.07) is 14.3. The third-order valence-electron chi connectivity index (χ3n) is 11.7. The molecule has 1 aliphatic heterocycles. The number of carboxylic acid groups (broad SMARTS) is 1. The molecule has 1 aliphatic rings. The number of aromatic hydroxyl groups is 1. The lowest BCUT2D eigenvalue weighted by atomic mass is 9.73. The number of aliphatic hydroxyl groups is 4. The Labute approximate surface area is 349 Å². The summed E-state index contributed by atoms with van der Waals surface area (Å²) in [6.07, 6.45) is 11.9. The maximum absolute atomic E-state index is 13.0. The predicted octanol–water partition coefficient (Wildman–Crippen LogP) is 7.93. The van der Waals surface area contributed by atoms with E-state index in [-0.39, 0.29) is 36.6 Å². The molecule has 58 heavy (non-hydrogen) atoms. The number of fused-ring (bicyclic) bond motifs is 1. The first-order valence-electron chi connectivity index (χ1n) is 21.9. The zero-order chi connectivity index (χ0) is 42.5. The van der Waals surface area contributed by atoms with E-state index in [1.165, 1.54) is 0 Å². The zero-order valence-electron chi connectivity index (χ0n) is 35.9. The molecule has 2 aromatic carbocycles. The second kappa shape index (κ2) is 25.9. The number of phenolic OH excluding ortho intramolecular Hbond substituents is 1. The Morgan fingerprint density at radius 2 is 1.72 bits per heavy atom. The first kappa shape index (κ1) is 48.9. The summed E-state index contributed by atoms with van der Waals surface area (Å²) in [4.78, 5) is 11.5. The number of aryl methyl sites for hydroxylation is 1. The molecule has 7 atom stereocenters. The quantitative estimate of drug-likeness (QED) is 0.0389. The number of carbonyl (C=O) groups is 1. The van der Waals surface area contributed by atoms with Crippen LogP contribution < -0.4 is 10.6 Å². The molecule has 0 aliphatic carbocycles. The van der Waals surface area contributed by atoms with Crippen molar-refractivity contribution >= 4 is 5.97 Å². The number of nitrogens with one attached hydrogen (secondary N) is 2. The van der Waals surface area contributed by atoms with Gasteiger partial charge in [0.2, 0.25) is 0 Å². The standard InChI is InChI=1S/C49H74N2O7/c1-6-8-9-18-41(53)28-24-38-23-22-37-15-11-10-14-36(37)16-12-20-47(49(5,58)45(31-21-35(3)4)39-25-29-42(54)30-26-39)51-46(44(38)33-43(55)34-52)19-13-17-40(50-7-2)27-32-48(56)57/h10-11,14-15,24-26,28-30,35,40-41,43,45-47,50-55,58H,6-9,13,17-23,27,31-34H2,1-5H3,(H,56,57)/t40-,41+,43+,45-,46+,47-,49+/m1/s1. The Kier molecular flexibility index (Phi) is 21.8. The minimum Gasteiger partial charge on any atom is -0.508 e. The van der Waals surface area contributed by atoms with E-state index in [2.05, 4.69) is 49.3 Å². The smallest absolute Gasteiger partial charge is 0.303 e. The van der Waals surface area contributed by atoms with E-state index in [1.807, 2.05) is 56.3 Å². The molecule has 0 unspecified atom stereocenters. The van der Waals surface area contributed by atoms with Crippen LogP contribution in [0.15, 0.2) is 71.8 Å². The molecule has 2 aromatic rings. The lowest BCUT2D eigenvalue weighted by molar-refractivity contribution is -0.137. The van der Waals surface area contributed by atoms with Gasteiger partial charge in [0.25, 0.3) is 0 Å². The molecular weight excluding hydrogens is 729 g/mol. The van der Waals surface area contributed by atoms with Gasteiger partial charge in [-0.3, -0.25) is 4.79 Å². The Morgan fingerprint density at radius 3 is 2.40 bits per heavy atom. The number of hydrogen-bond acceptors (Lipinski definition) is 8. The summed E-state index contributed by atoms with van der Waals surface area (Å²) >= 11 is 0. The molecule has 3 rings (SSSR count).